The van der Waals surface area contributed by atoms with Crippen LogP contribution in [0.4, 0.5) is 0 Å². The van der Waals surface area contributed by atoms with Crippen LogP contribution in [-0.4, -0.2) is 22.0 Å². The molecule has 0 bridgehead atoms. The van der Waals surface area contributed by atoms with Crippen molar-refractivity contribution >= 4 is 11.6 Å². The summed E-state index contributed by atoms with van der Waals surface area (Å²) in [7, 11) is 0. The fourth-order valence-corrected chi connectivity index (χ4v) is 2.03. The lowest BCUT2D eigenvalue weighted by atomic mass is 10.2. The molecule has 0 aliphatic carbocycles. The predicted octanol–water partition coefficient (Wildman–Crippen LogP) is 2.75. The molecule has 3 atom stereocenters. The maximum Gasteiger partial charge on any atom is 0.0775 e. The zero-order chi connectivity index (χ0) is 10.8. The van der Waals surface area contributed by atoms with Crippen LogP contribution in [0.15, 0.2) is 12.4 Å². The Morgan fingerprint density at radius 3 is 3.00 bits per heavy atom. The summed E-state index contributed by atoms with van der Waals surface area (Å²) in [5.41, 5.74) is 1.07. The van der Waals surface area contributed by atoms with Crippen molar-refractivity contribution < 1.29 is 4.74 Å². The first-order chi connectivity index (χ1) is 7.15. The summed E-state index contributed by atoms with van der Waals surface area (Å²) in [6.45, 7) is 4.92. The van der Waals surface area contributed by atoms with Crippen LogP contribution < -0.4 is 0 Å². The minimum atomic E-state index is 0.0298. The standard InChI is InChI=1S/C11H17ClN2O/c1-8-3-4-11(15-8)7-14-6-10(5-13-14)9(2)12/h5-6,8-9,11H,3-4,7H2,1-2H3. The molecule has 84 valence electrons. The molecule has 1 aliphatic heterocycles. The normalized spacial score (nSPS) is 28.2. The molecule has 0 amide bonds. The molecule has 0 saturated carbocycles. The first kappa shape index (κ1) is 11.0. The topological polar surface area (TPSA) is 27.1 Å². The van der Waals surface area contributed by atoms with Gasteiger partial charge >= 0.3 is 0 Å². The number of hydrogen-bond donors (Lipinski definition) is 0. The van der Waals surface area contributed by atoms with Gasteiger partial charge in [-0.1, -0.05) is 0 Å². The molecule has 2 rings (SSSR count). The van der Waals surface area contributed by atoms with Gasteiger partial charge in [-0.2, -0.15) is 5.10 Å². The van der Waals surface area contributed by atoms with E-state index in [4.69, 9.17) is 16.3 Å². The number of hydrogen-bond acceptors (Lipinski definition) is 2. The Hall–Kier alpha value is -0.540. The molecule has 0 aromatic carbocycles. The van der Waals surface area contributed by atoms with E-state index in [9.17, 15) is 0 Å². The average Bonchev–Trinajstić information content (AvgIpc) is 2.76. The Labute approximate surface area is 95.4 Å². The SMILES string of the molecule is CC1CCC(Cn2cc(C(C)Cl)cn2)O1. The van der Waals surface area contributed by atoms with Crippen molar-refractivity contribution in [1.29, 1.82) is 0 Å². The molecule has 0 spiro atoms. The average molecular weight is 229 g/mol. The Balaban J connectivity index is 1.93. The smallest absolute Gasteiger partial charge is 0.0775 e. The fourth-order valence-electron chi connectivity index (χ4n) is 1.91. The number of rotatable bonds is 3. The van der Waals surface area contributed by atoms with E-state index in [1.54, 1.807) is 0 Å². The van der Waals surface area contributed by atoms with E-state index in [-0.39, 0.29) is 5.38 Å². The molecule has 15 heavy (non-hydrogen) atoms. The molecule has 0 radical (unpaired) electrons. The molecular weight excluding hydrogens is 212 g/mol. The Kier molecular flexibility index (Phi) is 3.32. The van der Waals surface area contributed by atoms with Crippen LogP contribution >= 0.6 is 11.6 Å². The number of alkyl halides is 1. The van der Waals surface area contributed by atoms with Crippen molar-refractivity contribution in [2.24, 2.45) is 0 Å². The van der Waals surface area contributed by atoms with Crippen LogP contribution in [0, 0.1) is 0 Å². The molecule has 1 aromatic rings. The van der Waals surface area contributed by atoms with Crippen LogP contribution in [0.25, 0.3) is 0 Å². The summed E-state index contributed by atoms with van der Waals surface area (Å²) < 4.78 is 7.67. The minimum absolute atomic E-state index is 0.0298. The molecule has 1 aromatic heterocycles. The van der Waals surface area contributed by atoms with Gasteiger partial charge in [0.05, 0.1) is 30.3 Å². The highest BCUT2D eigenvalue weighted by Gasteiger charge is 2.22. The van der Waals surface area contributed by atoms with E-state index < -0.39 is 0 Å². The summed E-state index contributed by atoms with van der Waals surface area (Å²) >= 11 is 5.97. The van der Waals surface area contributed by atoms with Crippen LogP contribution in [0.5, 0.6) is 0 Å². The molecule has 1 aliphatic rings. The molecular formula is C11H17ClN2O. The van der Waals surface area contributed by atoms with Gasteiger partial charge in [0.1, 0.15) is 0 Å². The Morgan fingerprint density at radius 2 is 2.47 bits per heavy atom. The number of ether oxygens (including phenoxy) is 1. The number of aromatic nitrogens is 2. The zero-order valence-corrected chi connectivity index (χ0v) is 9.94. The van der Waals surface area contributed by atoms with Gasteiger partial charge in [-0.15, -0.1) is 11.6 Å². The number of halogens is 1. The van der Waals surface area contributed by atoms with Gasteiger partial charge in [0.2, 0.25) is 0 Å². The zero-order valence-electron chi connectivity index (χ0n) is 9.19. The van der Waals surface area contributed by atoms with Crippen molar-refractivity contribution in [3.63, 3.8) is 0 Å². The largest absolute Gasteiger partial charge is 0.373 e. The molecule has 3 unspecified atom stereocenters. The summed E-state index contributed by atoms with van der Waals surface area (Å²) in [5.74, 6) is 0. The lowest BCUT2D eigenvalue weighted by Crippen LogP contribution is -2.16. The summed E-state index contributed by atoms with van der Waals surface area (Å²) in [6.07, 6.45) is 6.84. The summed E-state index contributed by atoms with van der Waals surface area (Å²) in [5, 5.41) is 4.31. The maximum atomic E-state index is 5.97. The summed E-state index contributed by atoms with van der Waals surface area (Å²) in [4.78, 5) is 0. The van der Waals surface area contributed by atoms with Gasteiger partial charge in [-0.25, -0.2) is 0 Å². The second-order valence-corrected chi connectivity index (χ2v) is 4.91. The van der Waals surface area contributed by atoms with E-state index in [2.05, 4.69) is 12.0 Å². The monoisotopic (exact) mass is 228 g/mol. The Bertz CT molecular complexity index is 324. The third kappa shape index (κ3) is 2.73. The highest BCUT2D eigenvalue weighted by Crippen LogP contribution is 2.22. The van der Waals surface area contributed by atoms with Crippen LogP contribution in [0.3, 0.4) is 0 Å². The van der Waals surface area contributed by atoms with Gasteiger partial charge in [0.25, 0.3) is 0 Å². The van der Waals surface area contributed by atoms with Gasteiger partial charge in [-0.3, -0.25) is 4.68 Å². The van der Waals surface area contributed by atoms with Crippen molar-refractivity contribution in [3.05, 3.63) is 18.0 Å². The van der Waals surface area contributed by atoms with E-state index in [0.717, 1.165) is 24.9 Å². The molecule has 1 saturated heterocycles. The first-order valence-electron chi connectivity index (χ1n) is 5.47. The molecule has 4 heteroatoms. The van der Waals surface area contributed by atoms with E-state index in [0.29, 0.717) is 12.2 Å². The quantitative estimate of drug-likeness (QED) is 0.744. The van der Waals surface area contributed by atoms with Gasteiger partial charge in [-0.05, 0) is 26.7 Å². The lowest BCUT2D eigenvalue weighted by Gasteiger charge is -2.10. The number of nitrogens with zero attached hydrogens (tertiary/aromatic N) is 2. The van der Waals surface area contributed by atoms with E-state index in [1.165, 1.54) is 0 Å². The van der Waals surface area contributed by atoms with Gasteiger partial charge < -0.3 is 4.74 Å². The second kappa shape index (κ2) is 4.54. The minimum Gasteiger partial charge on any atom is -0.373 e. The predicted molar refractivity (Wildman–Crippen MR) is 60.1 cm³/mol. The first-order valence-corrected chi connectivity index (χ1v) is 5.90. The molecule has 1 fully saturated rings. The van der Waals surface area contributed by atoms with Crippen molar-refractivity contribution in [2.75, 3.05) is 0 Å². The molecule has 2 heterocycles. The van der Waals surface area contributed by atoms with Crippen molar-refractivity contribution in [2.45, 2.75) is 50.8 Å². The van der Waals surface area contributed by atoms with Crippen molar-refractivity contribution in [1.82, 2.24) is 9.78 Å². The third-order valence-corrected chi connectivity index (χ3v) is 3.08. The Morgan fingerprint density at radius 1 is 1.67 bits per heavy atom. The molecule has 0 N–H and O–H groups in total. The lowest BCUT2D eigenvalue weighted by molar-refractivity contribution is 0.0437. The highest BCUT2D eigenvalue weighted by molar-refractivity contribution is 6.20. The fraction of sp³-hybridized carbons (Fsp3) is 0.727. The second-order valence-electron chi connectivity index (χ2n) is 4.26. The highest BCUT2D eigenvalue weighted by atomic mass is 35.5. The van der Waals surface area contributed by atoms with Crippen molar-refractivity contribution in [3.8, 4) is 0 Å². The van der Waals surface area contributed by atoms with E-state index >= 15 is 0 Å². The van der Waals surface area contributed by atoms with Crippen LogP contribution in [0.2, 0.25) is 0 Å². The van der Waals surface area contributed by atoms with Gasteiger partial charge in [0.15, 0.2) is 0 Å². The molecule has 3 nitrogen and oxygen atoms in total. The van der Waals surface area contributed by atoms with Gasteiger partial charge in [0, 0.05) is 11.8 Å². The van der Waals surface area contributed by atoms with E-state index in [1.807, 2.05) is 24.0 Å². The maximum absolute atomic E-state index is 5.97. The summed E-state index contributed by atoms with van der Waals surface area (Å²) in [6, 6.07) is 0. The third-order valence-electron chi connectivity index (χ3n) is 2.82. The van der Waals surface area contributed by atoms with Crippen LogP contribution in [0.1, 0.15) is 37.6 Å². The van der Waals surface area contributed by atoms with Crippen LogP contribution in [-0.2, 0) is 11.3 Å².